The lowest BCUT2D eigenvalue weighted by atomic mass is 10.2. The zero-order valence-corrected chi connectivity index (χ0v) is 18.4. The van der Waals surface area contributed by atoms with Crippen LogP contribution in [-0.2, 0) is 4.74 Å². The van der Waals surface area contributed by atoms with Crippen molar-refractivity contribution in [2.75, 3.05) is 57.5 Å². The molecule has 0 aliphatic carbocycles. The van der Waals surface area contributed by atoms with Crippen molar-refractivity contribution >= 4 is 28.6 Å². The minimum Gasteiger partial charge on any atom is -0.379 e. The van der Waals surface area contributed by atoms with Crippen molar-refractivity contribution in [1.29, 1.82) is 0 Å². The van der Waals surface area contributed by atoms with Gasteiger partial charge in [0.15, 0.2) is 17.0 Å². The van der Waals surface area contributed by atoms with Crippen molar-refractivity contribution in [2.24, 2.45) is 0 Å². The summed E-state index contributed by atoms with van der Waals surface area (Å²) < 4.78 is 20.6. The van der Waals surface area contributed by atoms with Crippen LogP contribution in [0, 0.1) is 6.92 Å². The number of benzene rings is 1. The fourth-order valence-corrected chi connectivity index (χ4v) is 4.71. The van der Waals surface area contributed by atoms with Crippen molar-refractivity contribution in [3.8, 4) is 11.4 Å². The lowest BCUT2D eigenvalue weighted by Crippen LogP contribution is -2.47. The quantitative estimate of drug-likeness (QED) is 0.600. The van der Waals surface area contributed by atoms with Crippen LogP contribution in [0.3, 0.4) is 0 Å². The molecule has 2 aliphatic rings. The van der Waals surface area contributed by atoms with E-state index in [9.17, 15) is 4.39 Å². The first-order chi connectivity index (χ1) is 15.2. The van der Waals surface area contributed by atoms with Crippen molar-refractivity contribution in [3.05, 3.63) is 35.1 Å². The molecule has 0 bridgehead atoms. The van der Waals surface area contributed by atoms with Gasteiger partial charge in [-0.1, -0.05) is 23.7 Å². The summed E-state index contributed by atoms with van der Waals surface area (Å²) in [5.41, 5.74) is 2.48. The molecule has 1 unspecified atom stereocenters. The highest BCUT2D eigenvalue weighted by Crippen LogP contribution is 2.36. The number of nitrogens with zero attached hydrogens (tertiary/aromatic N) is 6. The second kappa shape index (κ2) is 8.68. The maximum absolute atomic E-state index is 12.7. The number of imidazole rings is 1. The number of aromatic nitrogens is 4. The van der Waals surface area contributed by atoms with Gasteiger partial charge in [-0.2, -0.15) is 0 Å². The summed E-state index contributed by atoms with van der Waals surface area (Å²) in [7, 11) is 0. The Balaban J connectivity index is 1.64. The average molecular weight is 445 g/mol. The van der Waals surface area contributed by atoms with Crippen molar-refractivity contribution in [1.82, 2.24) is 24.4 Å². The molecule has 31 heavy (non-hydrogen) atoms. The van der Waals surface area contributed by atoms with Crippen LogP contribution in [0.5, 0.6) is 0 Å². The topological polar surface area (TPSA) is 59.3 Å². The lowest BCUT2D eigenvalue weighted by Gasteiger charge is -2.35. The maximum Gasteiger partial charge on any atom is 0.166 e. The SMILES string of the molecule is Cc1nc(N2CCN(CCF)CC2)c2nc(-c3ccccc3Cl)n(C3CCOC3)c2n1. The number of aryl methyl sites for hydroxylation is 1. The minimum atomic E-state index is -0.314. The molecule has 2 aromatic heterocycles. The van der Waals surface area contributed by atoms with E-state index in [1.165, 1.54) is 0 Å². The first-order valence-electron chi connectivity index (χ1n) is 10.8. The zero-order valence-electron chi connectivity index (χ0n) is 17.6. The predicted octanol–water partition coefficient (Wildman–Crippen LogP) is 3.51. The number of alkyl halides is 1. The van der Waals surface area contributed by atoms with Gasteiger partial charge >= 0.3 is 0 Å². The van der Waals surface area contributed by atoms with E-state index < -0.39 is 0 Å². The molecule has 1 aromatic carbocycles. The number of hydrogen-bond donors (Lipinski definition) is 0. The van der Waals surface area contributed by atoms with Gasteiger partial charge in [0.1, 0.15) is 18.3 Å². The summed E-state index contributed by atoms with van der Waals surface area (Å²) in [5, 5.41) is 0.657. The van der Waals surface area contributed by atoms with Gasteiger partial charge in [-0.15, -0.1) is 0 Å². The van der Waals surface area contributed by atoms with Crippen LogP contribution in [-0.4, -0.2) is 77.0 Å². The molecule has 0 saturated carbocycles. The van der Waals surface area contributed by atoms with Crippen LogP contribution >= 0.6 is 11.6 Å². The molecule has 7 nitrogen and oxygen atoms in total. The number of anilines is 1. The van der Waals surface area contributed by atoms with Crippen molar-refractivity contribution in [3.63, 3.8) is 0 Å². The van der Waals surface area contributed by atoms with Gasteiger partial charge in [0.2, 0.25) is 0 Å². The first kappa shape index (κ1) is 20.6. The summed E-state index contributed by atoms with van der Waals surface area (Å²) in [6, 6.07) is 7.92. The molecule has 164 valence electrons. The third kappa shape index (κ3) is 3.88. The van der Waals surface area contributed by atoms with Gasteiger partial charge in [-0.05, 0) is 25.5 Å². The largest absolute Gasteiger partial charge is 0.379 e. The molecule has 5 rings (SSSR count). The van der Waals surface area contributed by atoms with E-state index in [0.717, 1.165) is 67.6 Å². The number of piperazine rings is 1. The number of ether oxygens (including phenoxy) is 1. The smallest absolute Gasteiger partial charge is 0.166 e. The highest BCUT2D eigenvalue weighted by molar-refractivity contribution is 6.33. The van der Waals surface area contributed by atoms with E-state index in [2.05, 4.69) is 14.4 Å². The lowest BCUT2D eigenvalue weighted by molar-refractivity contribution is 0.187. The van der Waals surface area contributed by atoms with Gasteiger partial charge in [0.05, 0.1) is 17.7 Å². The fourth-order valence-electron chi connectivity index (χ4n) is 4.49. The number of halogens is 2. The average Bonchev–Trinajstić information content (AvgIpc) is 3.42. The Hall–Kier alpha value is -2.29. The molecular formula is C22H26ClFN6O. The Morgan fingerprint density at radius 2 is 1.94 bits per heavy atom. The molecule has 4 heterocycles. The second-order valence-corrected chi connectivity index (χ2v) is 8.49. The van der Waals surface area contributed by atoms with Crippen molar-refractivity contribution in [2.45, 2.75) is 19.4 Å². The van der Waals surface area contributed by atoms with Crippen LogP contribution in [0.15, 0.2) is 24.3 Å². The van der Waals surface area contributed by atoms with E-state index >= 15 is 0 Å². The summed E-state index contributed by atoms with van der Waals surface area (Å²) >= 11 is 6.56. The van der Waals surface area contributed by atoms with Gasteiger partial charge < -0.3 is 14.2 Å². The molecule has 1 atom stereocenters. The van der Waals surface area contributed by atoms with Gasteiger partial charge in [0, 0.05) is 44.9 Å². The summed E-state index contributed by atoms with van der Waals surface area (Å²) in [4.78, 5) is 19.0. The highest BCUT2D eigenvalue weighted by Gasteiger charge is 2.29. The van der Waals surface area contributed by atoms with Crippen LogP contribution in [0.4, 0.5) is 10.2 Å². The van der Waals surface area contributed by atoms with E-state index in [0.29, 0.717) is 24.0 Å². The molecule has 9 heteroatoms. The molecular weight excluding hydrogens is 419 g/mol. The van der Waals surface area contributed by atoms with Gasteiger partial charge in [-0.25, -0.2) is 19.3 Å². The molecule has 0 spiro atoms. The summed E-state index contributed by atoms with van der Waals surface area (Å²) in [6.07, 6.45) is 0.906. The van der Waals surface area contributed by atoms with E-state index in [-0.39, 0.29) is 12.7 Å². The molecule has 2 saturated heterocycles. The zero-order chi connectivity index (χ0) is 21.4. The van der Waals surface area contributed by atoms with Crippen LogP contribution < -0.4 is 4.90 Å². The monoisotopic (exact) mass is 444 g/mol. The minimum absolute atomic E-state index is 0.153. The van der Waals surface area contributed by atoms with E-state index in [1.54, 1.807) is 0 Å². The Morgan fingerprint density at radius 1 is 1.13 bits per heavy atom. The molecule has 2 aliphatic heterocycles. The fraction of sp³-hybridized carbons (Fsp3) is 0.500. The van der Waals surface area contributed by atoms with Crippen LogP contribution in [0.1, 0.15) is 18.3 Å². The standard InChI is InChI=1S/C22H26ClFN6O/c1-15-25-21(29-11-9-28(8-7-24)10-12-29)19-22(26-15)30(16-6-13-31-14-16)20(27-19)17-4-2-3-5-18(17)23/h2-5,16H,6-14H2,1H3. The molecule has 0 N–H and O–H groups in total. The number of hydrogen-bond acceptors (Lipinski definition) is 6. The Kier molecular flexibility index (Phi) is 5.77. The second-order valence-electron chi connectivity index (χ2n) is 8.09. The van der Waals surface area contributed by atoms with E-state index in [1.807, 2.05) is 31.2 Å². The summed E-state index contributed by atoms with van der Waals surface area (Å²) in [5.74, 6) is 2.35. The molecule has 0 radical (unpaired) electrons. The summed E-state index contributed by atoms with van der Waals surface area (Å²) in [6.45, 7) is 6.62. The number of fused-ring (bicyclic) bond motifs is 1. The maximum atomic E-state index is 12.7. The highest BCUT2D eigenvalue weighted by atomic mass is 35.5. The molecule has 0 amide bonds. The normalized spacial score (nSPS) is 20.1. The van der Waals surface area contributed by atoms with Crippen LogP contribution in [0.25, 0.3) is 22.6 Å². The van der Waals surface area contributed by atoms with Crippen LogP contribution in [0.2, 0.25) is 5.02 Å². The Bertz CT molecular complexity index is 1080. The van der Waals surface area contributed by atoms with Crippen molar-refractivity contribution < 1.29 is 9.13 Å². The predicted molar refractivity (Wildman–Crippen MR) is 120 cm³/mol. The molecule has 2 fully saturated rings. The third-order valence-electron chi connectivity index (χ3n) is 6.09. The Labute approximate surface area is 185 Å². The first-order valence-corrected chi connectivity index (χ1v) is 11.2. The molecule has 3 aromatic rings. The van der Waals surface area contributed by atoms with Gasteiger partial charge in [-0.3, -0.25) is 4.90 Å². The van der Waals surface area contributed by atoms with Gasteiger partial charge in [0.25, 0.3) is 0 Å². The number of rotatable bonds is 5. The Morgan fingerprint density at radius 3 is 2.65 bits per heavy atom. The third-order valence-corrected chi connectivity index (χ3v) is 6.42. The van der Waals surface area contributed by atoms with E-state index in [4.69, 9.17) is 31.3 Å².